The van der Waals surface area contributed by atoms with Crippen LogP contribution in [0.15, 0.2) is 0 Å². The zero-order valence-electron chi connectivity index (χ0n) is 20.5. The van der Waals surface area contributed by atoms with Gasteiger partial charge in [-0.05, 0) is 81.0 Å². The van der Waals surface area contributed by atoms with E-state index in [1.807, 2.05) is 0 Å². The van der Waals surface area contributed by atoms with Crippen LogP contribution >= 0.6 is 0 Å². The van der Waals surface area contributed by atoms with E-state index >= 15 is 0 Å². The molecule has 0 bridgehead atoms. The maximum absolute atomic E-state index is 10.2. The van der Waals surface area contributed by atoms with Gasteiger partial charge in [-0.25, -0.2) is 0 Å². The fraction of sp³-hybridized carbons (Fsp3) is 0.966. The summed E-state index contributed by atoms with van der Waals surface area (Å²) in [4.78, 5) is 0. The SMILES string of the molecule is CCCCCCCCC1CCC(C2(C#N)CCC(C3CCC(CC)CC3)CC2)CC1. The van der Waals surface area contributed by atoms with Gasteiger partial charge in [0.25, 0.3) is 0 Å². The van der Waals surface area contributed by atoms with Gasteiger partial charge in [0.2, 0.25) is 0 Å². The molecule has 3 aliphatic carbocycles. The van der Waals surface area contributed by atoms with E-state index in [0.29, 0.717) is 5.92 Å². The largest absolute Gasteiger partial charge is 0.198 e. The third kappa shape index (κ3) is 6.50. The van der Waals surface area contributed by atoms with Crippen molar-refractivity contribution in [2.45, 2.75) is 142 Å². The predicted molar refractivity (Wildman–Crippen MR) is 129 cm³/mol. The van der Waals surface area contributed by atoms with E-state index < -0.39 is 0 Å². The second-order valence-corrected chi connectivity index (χ2v) is 11.6. The zero-order valence-corrected chi connectivity index (χ0v) is 20.5. The van der Waals surface area contributed by atoms with Crippen molar-refractivity contribution in [3.63, 3.8) is 0 Å². The predicted octanol–water partition coefficient (Wildman–Crippen LogP) is 9.46. The Balaban J connectivity index is 1.37. The molecule has 1 heteroatoms. The van der Waals surface area contributed by atoms with Gasteiger partial charge in [0.15, 0.2) is 0 Å². The minimum absolute atomic E-state index is 0.0439. The van der Waals surface area contributed by atoms with Crippen LogP contribution < -0.4 is 0 Å². The van der Waals surface area contributed by atoms with Gasteiger partial charge in [-0.2, -0.15) is 5.26 Å². The maximum atomic E-state index is 10.2. The highest BCUT2D eigenvalue weighted by atomic mass is 14.5. The van der Waals surface area contributed by atoms with Crippen molar-refractivity contribution in [1.29, 1.82) is 5.26 Å². The number of nitrogens with zero attached hydrogens (tertiary/aromatic N) is 1. The Labute approximate surface area is 188 Å². The first kappa shape index (κ1) is 24.1. The minimum Gasteiger partial charge on any atom is -0.198 e. The lowest BCUT2D eigenvalue weighted by molar-refractivity contribution is 0.0605. The van der Waals surface area contributed by atoms with Gasteiger partial charge in [-0.15, -0.1) is 0 Å². The van der Waals surface area contributed by atoms with E-state index in [0.717, 1.165) is 23.7 Å². The molecular formula is C29H51N. The molecule has 0 amide bonds. The van der Waals surface area contributed by atoms with Crippen molar-refractivity contribution in [2.75, 3.05) is 0 Å². The topological polar surface area (TPSA) is 23.8 Å². The van der Waals surface area contributed by atoms with E-state index in [9.17, 15) is 5.26 Å². The molecule has 1 nitrogen and oxygen atoms in total. The van der Waals surface area contributed by atoms with Crippen LogP contribution in [-0.2, 0) is 0 Å². The Morgan fingerprint density at radius 3 is 1.83 bits per heavy atom. The van der Waals surface area contributed by atoms with Gasteiger partial charge in [-0.1, -0.05) is 90.9 Å². The van der Waals surface area contributed by atoms with Crippen molar-refractivity contribution in [3.8, 4) is 6.07 Å². The molecule has 3 saturated carbocycles. The first-order valence-corrected chi connectivity index (χ1v) is 14.1. The molecular weight excluding hydrogens is 362 g/mol. The Hall–Kier alpha value is -0.510. The summed E-state index contributed by atoms with van der Waals surface area (Å²) >= 11 is 0. The highest BCUT2D eigenvalue weighted by molar-refractivity contribution is 5.06. The van der Waals surface area contributed by atoms with Crippen LogP contribution in [0, 0.1) is 46.3 Å². The first-order chi connectivity index (χ1) is 14.7. The van der Waals surface area contributed by atoms with Crippen molar-refractivity contribution in [3.05, 3.63) is 0 Å². The number of hydrogen-bond donors (Lipinski definition) is 0. The molecule has 0 radical (unpaired) electrons. The average Bonchev–Trinajstić information content (AvgIpc) is 2.82. The van der Waals surface area contributed by atoms with E-state index in [4.69, 9.17) is 0 Å². The number of nitriles is 1. The van der Waals surface area contributed by atoms with Crippen molar-refractivity contribution in [2.24, 2.45) is 35.0 Å². The molecule has 3 aliphatic rings. The van der Waals surface area contributed by atoms with E-state index in [-0.39, 0.29) is 5.41 Å². The van der Waals surface area contributed by atoms with Crippen LogP contribution in [0.3, 0.4) is 0 Å². The van der Waals surface area contributed by atoms with Gasteiger partial charge in [0, 0.05) is 0 Å². The summed E-state index contributed by atoms with van der Waals surface area (Å²) in [5, 5.41) is 10.2. The number of unbranched alkanes of at least 4 members (excludes halogenated alkanes) is 5. The fourth-order valence-electron chi connectivity index (χ4n) is 7.52. The normalized spacial score (nSPS) is 37.6. The van der Waals surface area contributed by atoms with E-state index in [1.54, 1.807) is 0 Å². The second kappa shape index (κ2) is 12.5. The van der Waals surface area contributed by atoms with Crippen LogP contribution in [0.25, 0.3) is 0 Å². The third-order valence-corrected chi connectivity index (χ3v) is 9.87. The summed E-state index contributed by atoms with van der Waals surface area (Å²) in [7, 11) is 0. The molecule has 0 heterocycles. The molecule has 3 fully saturated rings. The van der Waals surface area contributed by atoms with Crippen molar-refractivity contribution < 1.29 is 0 Å². The summed E-state index contributed by atoms with van der Waals surface area (Å²) in [6.07, 6.45) is 28.0. The summed E-state index contributed by atoms with van der Waals surface area (Å²) in [5.74, 6) is 4.61. The van der Waals surface area contributed by atoms with Gasteiger partial charge in [-0.3, -0.25) is 0 Å². The van der Waals surface area contributed by atoms with Crippen molar-refractivity contribution in [1.82, 2.24) is 0 Å². The van der Waals surface area contributed by atoms with Crippen LogP contribution in [-0.4, -0.2) is 0 Å². The molecule has 3 rings (SSSR count). The Morgan fingerprint density at radius 2 is 1.23 bits per heavy atom. The standard InChI is InChI=1S/C29H51N/c1-3-5-6-7-8-9-10-25-13-17-28(18-14-25)29(23-30)21-19-27(20-22-29)26-15-11-24(4-2)12-16-26/h24-28H,3-22H2,1-2H3. The monoisotopic (exact) mass is 413 g/mol. The van der Waals surface area contributed by atoms with Crippen LogP contribution in [0.2, 0.25) is 0 Å². The Morgan fingerprint density at radius 1 is 0.667 bits per heavy atom. The lowest BCUT2D eigenvalue weighted by Gasteiger charge is -2.45. The zero-order chi connectivity index (χ0) is 21.2. The molecule has 0 spiro atoms. The van der Waals surface area contributed by atoms with Crippen LogP contribution in [0.4, 0.5) is 0 Å². The smallest absolute Gasteiger partial charge is 0.0692 e. The van der Waals surface area contributed by atoms with Crippen molar-refractivity contribution >= 4 is 0 Å². The molecule has 0 N–H and O–H groups in total. The average molecular weight is 414 g/mol. The van der Waals surface area contributed by atoms with E-state index in [1.165, 1.54) is 128 Å². The summed E-state index contributed by atoms with van der Waals surface area (Å²) in [6.45, 7) is 4.67. The molecule has 0 aliphatic heterocycles. The molecule has 0 atom stereocenters. The molecule has 0 aromatic carbocycles. The quantitative estimate of drug-likeness (QED) is 0.327. The van der Waals surface area contributed by atoms with Crippen LogP contribution in [0.5, 0.6) is 0 Å². The highest BCUT2D eigenvalue weighted by Gasteiger charge is 2.44. The molecule has 0 saturated heterocycles. The van der Waals surface area contributed by atoms with Crippen LogP contribution in [0.1, 0.15) is 142 Å². The Bertz CT molecular complexity index is 493. The molecule has 0 aromatic rings. The molecule has 30 heavy (non-hydrogen) atoms. The molecule has 0 unspecified atom stereocenters. The fourth-order valence-corrected chi connectivity index (χ4v) is 7.52. The first-order valence-electron chi connectivity index (χ1n) is 14.1. The summed E-state index contributed by atoms with van der Waals surface area (Å²) in [5.41, 5.74) is 0.0439. The van der Waals surface area contributed by atoms with Gasteiger partial charge in [0.1, 0.15) is 0 Å². The van der Waals surface area contributed by atoms with Gasteiger partial charge >= 0.3 is 0 Å². The summed E-state index contributed by atoms with van der Waals surface area (Å²) in [6, 6.07) is 2.91. The van der Waals surface area contributed by atoms with Gasteiger partial charge < -0.3 is 0 Å². The maximum Gasteiger partial charge on any atom is 0.0692 e. The third-order valence-electron chi connectivity index (χ3n) is 9.87. The molecule has 0 aromatic heterocycles. The van der Waals surface area contributed by atoms with E-state index in [2.05, 4.69) is 19.9 Å². The number of rotatable bonds is 10. The molecule has 172 valence electrons. The highest BCUT2D eigenvalue weighted by Crippen LogP contribution is 2.52. The summed E-state index contributed by atoms with van der Waals surface area (Å²) < 4.78 is 0. The Kier molecular flexibility index (Phi) is 10.1. The van der Waals surface area contributed by atoms with Gasteiger partial charge in [0.05, 0.1) is 11.5 Å². The lowest BCUT2D eigenvalue weighted by atomic mass is 9.57. The minimum atomic E-state index is 0.0439. The lowest BCUT2D eigenvalue weighted by Crippen LogP contribution is -2.38. The number of hydrogen-bond acceptors (Lipinski definition) is 1. The second-order valence-electron chi connectivity index (χ2n) is 11.6.